The van der Waals surface area contributed by atoms with Crippen LogP contribution in [0, 0.1) is 0 Å². The van der Waals surface area contributed by atoms with E-state index < -0.39 is 0 Å². The van der Waals surface area contributed by atoms with Gasteiger partial charge in [-0.1, -0.05) is 34.5 Å². The third-order valence-electron chi connectivity index (χ3n) is 2.15. The van der Waals surface area contributed by atoms with Gasteiger partial charge in [-0.25, -0.2) is 0 Å². The number of Topliss-reactive ketones (excluding diaryl/α,β-unsaturated/α-hetero) is 1. The highest BCUT2D eigenvalue weighted by atomic mass is 79.9. The van der Waals surface area contributed by atoms with Crippen LogP contribution in [0.3, 0.4) is 0 Å². The molecular formula is C12H14BrClO2. The molecule has 1 aromatic carbocycles. The van der Waals surface area contributed by atoms with E-state index in [4.69, 9.17) is 16.3 Å². The average molecular weight is 306 g/mol. The molecule has 0 N–H and O–H groups in total. The summed E-state index contributed by atoms with van der Waals surface area (Å²) in [6.45, 7) is 2.39. The minimum absolute atomic E-state index is 0.268. The Balaban J connectivity index is 2.37. The van der Waals surface area contributed by atoms with E-state index in [1.807, 2.05) is 19.1 Å². The van der Waals surface area contributed by atoms with Gasteiger partial charge < -0.3 is 4.74 Å². The Morgan fingerprint density at radius 3 is 2.94 bits per heavy atom. The summed E-state index contributed by atoms with van der Waals surface area (Å²) in [7, 11) is 0. The first-order valence-corrected chi connectivity index (χ1v) is 6.40. The zero-order chi connectivity index (χ0) is 12.0. The van der Waals surface area contributed by atoms with Crippen molar-refractivity contribution >= 4 is 33.3 Å². The predicted molar refractivity (Wildman–Crippen MR) is 69.2 cm³/mol. The molecular weight excluding hydrogens is 291 g/mol. The highest BCUT2D eigenvalue weighted by Gasteiger charge is 2.03. The van der Waals surface area contributed by atoms with Crippen molar-refractivity contribution in [2.75, 3.05) is 6.61 Å². The first kappa shape index (κ1) is 13.5. The van der Waals surface area contributed by atoms with Gasteiger partial charge in [0.05, 0.1) is 11.6 Å². The van der Waals surface area contributed by atoms with Crippen LogP contribution in [0.4, 0.5) is 0 Å². The second kappa shape index (κ2) is 6.92. The van der Waals surface area contributed by atoms with E-state index in [1.54, 1.807) is 6.07 Å². The third-order valence-corrected chi connectivity index (χ3v) is 2.95. The molecule has 0 aliphatic rings. The number of rotatable bonds is 6. The molecule has 0 amide bonds. The Morgan fingerprint density at radius 1 is 1.50 bits per heavy atom. The van der Waals surface area contributed by atoms with Crippen LogP contribution in [0.5, 0.6) is 5.75 Å². The molecule has 1 rings (SSSR count). The van der Waals surface area contributed by atoms with E-state index in [0.29, 0.717) is 30.2 Å². The Kier molecular flexibility index (Phi) is 5.85. The Bertz CT molecular complexity index is 366. The van der Waals surface area contributed by atoms with Crippen molar-refractivity contribution in [2.24, 2.45) is 0 Å². The van der Waals surface area contributed by atoms with E-state index >= 15 is 0 Å². The van der Waals surface area contributed by atoms with Gasteiger partial charge in [-0.2, -0.15) is 0 Å². The minimum atomic E-state index is 0.268. The SMILES string of the molecule is CCC(=O)CCCOc1cc(Br)ccc1Cl. The third kappa shape index (κ3) is 4.54. The van der Waals surface area contributed by atoms with E-state index in [2.05, 4.69) is 15.9 Å². The fourth-order valence-electron chi connectivity index (χ4n) is 1.22. The van der Waals surface area contributed by atoms with Crippen LogP contribution in [0.15, 0.2) is 22.7 Å². The number of ketones is 1. The smallest absolute Gasteiger partial charge is 0.139 e. The fourth-order valence-corrected chi connectivity index (χ4v) is 1.73. The second-order valence-electron chi connectivity index (χ2n) is 3.42. The molecule has 0 unspecified atom stereocenters. The molecule has 88 valence electrons. The number of halogens is 2. The average Bonchev–Trinajstić information content (AvgIpc) is 2.28. The van der Waals surface area contributed by atoms with Gasteiger partial charge in [-0.05, 0) is 24.6 Å². The highest BCUT2D eigenvalue weighted by Crippen LogP contribution is 2.27. The highest BCUT2D eigenvalue weighted by molar-refractivity contribution is 9.10. The lowest BCUT2D eigenvalue weighted by Gasteiger charge is -2.07. The van der Waals surface area contributed by atoms with E-state index in [9.17, 15) is 4.79 Å². The number of benzene rings is 1. The zero-order valence-corrected chi connectivity index (χ0v) is 11.5. The van der Waals surface area contributed by atoms with Crippen LogP contribution < -0.4 is 4.74 Å². The number of hydrogen-bond acceptors (Lipinski definition) is 2. The predicted octanol–water partition coefficient (Wildman–Crippen LogP) is 4.24. The van der Waals surface area contributed by atoms with E-state index in [1.165, 1.54) is 0 Å². The van der Waals surface area contributed by atoms with E-state index in [0.717, 1.165) is 10.9 Å². The summed E-state index contributed by atoms with van der Waals surface area (Å²) in [5.41, 5.74) is 0. The van der Waals surface area contributed by atoms with Gasteiger partial charge >= 0.3 is 0 Å². The molecule has 0 saturated carbocycles. The molecule has 2 nitrogen and oxygen atoms in total. The summed E-state index contributed by atoms with van der Waals surface area (Å²) in [4.78, 5) is 11.1. The molecule has 0 aliphatic heterocycles. The number of hydrogen-bond donors (Lipinski definition) is 0. The van der Waals surface area contributed by atoms with Crippen LogP contribution >= 0.6 is 27.5 Å². The second-order valence-corrected chi connectivity index (χ2v) is 4.74. The quantitative estimate of drug-likeness (QED) is 0.735. The van der Waals surface area contributed by atoms with Crippen molar-refractivity contribution in [3.8, 4) is 5.75 Å². The van der Waals surface area contributed by atoms with Crippen molar-refractivity contribution in [3.05, 3.63) is 27.7 Å². The Morgan fingerprint density at radius 2 is 2.25 bits per heavy atom. The molecule has 0 bridgehead atoms. The van der Waals surface area contributed by atoms with Gasteiger partial charge in [0.2, 0.25) is 0 Å². The summed E-state index contributed by atoms with van der Waals surface area (Å²) in [6.07, 6.45) is 1.90. The first-order chi connectivity index (χ1) is 7.63. The van der Waals surface area contributed by atoms with Gasteiger partial charge in [0.1, 0.15) is 11.5 Å². The molecule has 0 heterocycles. The lowest BCUT2D eigenvalue weighted by molar-refractivity contribution is -0.118. The van der Waals surface area contributed by atoms with Gasteiger partial charge in [-0.15, -0.1) is 0 Å². The standard InChI is InChI=1S/C12H14BrClO2/c1-2-10(15)4-3-7-16-12-8-9(13)5-6-11(12)14/h5-6,8H,2-4,7H2,1H3. The Labute approximate surface area is 109 Å². The van der Waals surface area contributed by atoms with Crippen molar-refractivity contribution in [3.63, 3.8) is 0 Å². The first-order valence-electron chi connectivity index (χ1n) is 5.23. The van der Waals surface area contributed by atoms with Crippen molar-refractivity contribution < 1.29 is 9.53 Å². The van der Waals surface area contributed by atoms with Gasteiger partial charge in [-0.3, -0.25) is 4.79 Å². The molecule has 0 spiro atoms. The largest absolute Gasteiger partial charge is 0.492 e. The number of carbonyl (C=O) groups is 1. The Hall–Kier alpha value is -0.540. The van der Waals surface area contributed by atoms with Gasteiger partial charge in [0.15, 0.2) is 0 Å². The number of ether oxygens (including phenoxy) is 1. The molecule has 0 fully saturated rings. The summed E-state index contributed by atoms with van der Waals surface area (Å²) in [5.74, 6) is 0.920. The summed E-state index contributed by atoms with van der Waals surface area (Å²) < 4.78 is 6.43. The van der Waals surface area contributed by atoms with Crippen LogP contribution in [-0.4, -0.2) is 12.4 Å². The van der Waals surface area contributed by atoms with Crippen LogP contribution in [0.2, 0.25) is 5.02 Å². The zero-order valence-electron chi connectivity index (χ0n) is 9.13. The molecule has 1 aromatic rings. The molecule has 0 atom stereocenters. The number of carbonyl (C=O) groups excluding carboxylic acids is 1. The fraction of sp³-hybridized carbons (Fsp3) is 0.417. The monoisotopic (exact) mass is 304 g/mol. The van der Waals surface area contributed by atoms with Gasteiger partial charge in [0, 0.05) is 17.3 Å². The van der Waals surface area contributed by atoms with Crippen molar-refractivity contribution in [2.45, 2.75) is 26.2 Å². The van der Waals surface area contributed by atoms with Crippen LogP contribution in [0.25, 0.3) is 0 Å². The molecule has 16 heavy (non-hydrogen) atoms. The molecule has 0 aliphatic carbocycles. The normalized spacial score (nSPS) is 10.2. The summed E-state index contributed by atoms with van der Waals surface area (Å²) in [5, 5.41) is 0.588. The topological polar surface area (TPSA) is 26.3 Å². The minimum Gasteiger partial charge on any atom is -0.492 e. The summed E-state index contributed by atoms with van der Waals surface area (Å²) in [6, 6.07) is 5.46. The van der Waals surface area contributed by atoms with Crippen LogP contribution in [-0.2, 0) is 4.79 Å². The maximum Gasteiger partial charge on any atom is 0.139 e. The van der Waals surface area contributed by atoms with Gasteiger partial charge in [0.25, 0.3) is 0 Å². The maximum atomic E-state index is 11.1. The molecule has 0 radical (unpaired) electrons. The maximum absolute atomic E-state index is 11.1. The molecule has 4 heteroatoms. The molecule has 0 saturated heterocycles. The van der Waals surface area contributed by atoms with Crippen molar-refractivity contribution in [1.82, 2.24) is 0 Å². The van der Waals surface area contributed by atoms with Crippen LogP contribution in [0.1, 0.15) is 26.2 Å². The summed E-state index contributed by atoms with van der Waals surface area (Å²) >= 11 is 9.30. The van der Waals surface area contributed by atoms with E-state index in [-0.39, 0.29) is 5.78 Å². The lowest BCUT2D eigenvalue weighted by Crippen LogP contribution is -2.02. The lowest BCUT2D eigenvalue weighted by atomic mass is 10.2. The van der Waals surface area contributed by atoms with Crippen molar-refractivity contribution in [1.29, 1.82) is 0 Å². The molecule has 0 aromatic heterocycles.